The maximum Gasteiger partial charge on any atom is 0.256 e. The zero-order valence-corrected chi connectivity index (χ0v) is 14.7. The molecule has 1 aromatic rings. The molecular weight excluding hydrogens is 310 g/mol. The molecule has 1 aromatic carbocycles. The summed E-state index contributed by atoms with van der Waals surface area (Å²) in [4.78, 5) is 16.0. The van der Waals surface area contributed by atoms with Crippen LogP contribution in [0.5, 0.6) is 0 Å². The summed E-state index contributed by atoms with van der Waals surface area (Å²) in [6.07, 6.45) is 3.04. The molecule has 1 saturated heterocycles. The lowest BCUT2D eigenvalue weighted by molar-refractivity contribution is -0.133. The number of hydrogen-bond acceptors (Lipinski definition) is 4. The Morgan fingerprint density at radius 2 is 2.26 bits per heavy atom. The van der Waals surface area contributed by atoms with Crippen molar-refractivity contribution in [1.82, 2.24) is 0 Å². The minimum absolute atomic E-state index is 0.0426. The summed E-state index contributed by atoms with van der Waals surface area (Å²) < 4.78 is 11.5. The second-order valence-corrected chi connectivity index (χ2v) is 7.36. The van der Waals surface area contributed by atoms with E-state index in [4.69, 9.17) is 9.47 Å². The number of thioether (sulfide) groups is 1. The van der Waals surface area contributed by atoms with Crippen LogP contribution < -0.4 is 4.90 Å². The van der Waals surface area contributed by atoms with Gasteiger partial charge in [-0.25, -0.2) is 0 Å². The van der Waals surface area contributed by atoms with Crippen molar-refractivity contribution in [3.63, 3.8) is 0 Å². The summed E-state index contributed by atoms with van der Waals surface area (Å²) in [5, 5.41) is 0. The van der Waals surface area contributed by atoms with Gasteiger partial charge in [0.1, 0.15) is 6.10 Å². The van der Waals surface area contributed by atoms with Gasteiger partial charge in [0, 0.05) is 23.3 Å². The monoisotopic (exact) mass is 335 g/mol. The van der Waals surface area contributed by atoms with Crippen molar-refractivity contribution in [2.45, 2.75) is 56.3 Å². The molecule has 0 radical (unpaired) electrons. The van der Waals surface area contributed by atoms with Gasteiger partial charge >= 0.3 is 0 Å². The van der Waals surface area contributed by atoms with E-state index in [0.717, 1.165) is 30.9 Å². The molecule has 1 fully saturated rings. The third kappa shape index (κ3) is 3.90. The Morgan fingerprint density at radius 3 is 3.04 bits per heavy atom. The average molecular weight is 335 g/mol. The van der Waals surface area contributed by atoms with Crippen molar-refractivity contribution in [3.05, 3.63) is 24.3 Å². The molecular formula is C18H25NO3S. The number of nitrogens with zero attached hydrogens (tertiary/aromatic N) is 1. The predicted octanol–water partition coefficient (Wildman–Crippen LogP) is 3.49. The Labute approximate surface area is 142 Å². The molecule has 0 aromatic heterocycles. The first kappa shape index (κ1) is 16.8. The minimum Gasteiger partial charge on any atom is -0.376 e. The number of hydrogen-bond donors (Lipinski definition) is 0. The van der Waals surface area contributed by atoms with Crippen molar-refractivity contribution in [1.29, 1.82) is 0 Å². The Balaban J connectivity index is 1.64. The van der Waals surface area contributed by atoms with Crippen molar-refractivity contribution >= 4 is 23.4 Å². The highest BCUT2D eigenvalue weighted by Crippen LogP contribution is 2.37. The summed E-state index contributed by atoms with van der Waals surface area (Å²) >= 11 is 1.81. The summed E-state index contributed by atoms with van der Waals surface area (Å²) in [6.45, 7) is 5.26. The third-order valence-electron chi connectivity index (χ3n) is 4.44. The van der Waals surface area contributed by atoms with Crippen LogP contribution in [0.25, 0.3) is 0 Å². The first-order valence-corrected chi connectivity index (χ1v) is 9.43. The van der Waals surface area contributed by atoms with Gasteiger partial charge in [-0.2, -0.15) is 0 Å². The highest BCUT2D eigenvalue weighted by atomic mass is 32.2. The molecule has 0 unspecified atom stereocenters. The Bertz CT molecular complexity index is 545. The van der Waals surface area contributed by atoms with Crippen molar-refractivity contribution < 1.29 is 14.3 Å². The smallest absolute Gasteiger partial charge is 0.256 e. The lowest BCUT2D eigenvalue weighted by atomic mass is 10.1. The lowest BCUT2D eigenvalue weighted by Gasteiger charge is -2.36. The molecule has 0 saturated carbocycles. The SMILES string of the molecule is C[C@H](OC[C@H]1CCCCO1)C(=O)N1c2ccccc2SC[C@H]1C. The van der Waals surface area contributed by atoms with Crippen molar-refractivity contribution in [3.8, 4) is 0 Å². The van der Waals surface area contributed by atoms with Crippen LogP contribution in [0.3, 0.4) is 0 Å². The molecule has 5 heteroatoms. The van der Waals surface area contributed by atoms with Crippen LogP contribution in [0, 0.1) is 0 Å². The van der Waals surface area contributed by atoms with Crippen LogP contribution in [0.4, 0.5) is 5.69 Å². The zero-order valence-electron chi connectivity index (χ0n) is 13.9. The first-order valence-electron chi connectivity index (χ1n) is 8.45. The van der Waals surface area contributed by atoms with E-state index in [0.29, 0.717) is 6.61 Å². The van der Waals surface area contributed by atoms with E-state index in [1.54, 1.807) is 0 Å². The lowest BCUT2D eigenvalue weighted by Crippen LogP contribution is -2.47. The van der Waals surface area contributed by atoms with E-state index in [9.17, 15) is 4.79 Å². The van der Waals surface area contributed by atoms with Gasteiger partial charge in [0.25, 0.3) is 5.91 Å². The Hall–Kier alpha value is -1.04. The van der Waals surface area contributed by atoms with Gasteiger partial charge in [0.15, 0.2) is 0 Å². The van der Waals surface area contributed by atoms with Gasteiger partial charge in [0.2, 0.25) is 0 Å². The third-order valence-corrected chi connectivity index (χ3v) is 5.74. The molecule has 0 aliphatic carbocycles. The van der Waals surface area contributed by atoms with E-state index in [1.807, 2.05) is 41.8 Å². The van der Waals surface area contributed by atoms with Crippen LogP contribution in [0.1, 0.15) is 33.1 Å². The molecule has 3 rings (SSSR count). The van der Waals surface area contributed by atoms with Gasteiger partial charge in [-0.1, -0.05) is 12.1 Å². The second-order valence-electron chi connectivity index (χ2n) is 6.30. The number of amides is 1. The van der Waals surface area contributed by atoms with Gasteiger partial charge in [-0.15, -0.1) is 11.8 Å². The van der Waals surface area contributed by atoms with Crippen LogP contribution in [0.15, 0.2) is 29.2 Å². The van der Waals surface area contributed by atoms with Crippen molar-refractivity contribution in [2.75, 3.05) is 23.9 Å². The van der Waals surface area contributed by atoms with E-state index in [-0.39, 0.29) is 18.1 Å². The van der Waals surface area contributed by atoms with E-state index in [2.05, 4.69) is 13.0 Å². The minimum atomic E-state index is -0.445. The van der Waals surface area contributed by atoms with Gasteiger partial charge in [-0.05, 0) is 45.2 Å². The number of rotatable bonds is 4. The van der Waals surface area contributed by atoms with Crippen LogP contribution in [0.2, 0.25) is 0 Å². The summed E-state index contributed by atoms with van der Waals surface area (Å²) in [5.74, 6) is 0.961. The first-order chi connectivity index (χ1) is 11.2. The van der Waals surface area contributed by atoms with Crippen molar-refractivity contribution in [2.24, 2.45) is 0 Å². The maximum absolute atomic E-state index is 12.9. The molecule has 1 amide bonds. The molecule has 0 spiro atoms. The van der Waals surface area contributed by atoms with Crippen LogP contribution >= 0.6 is 11.8 Å². The maximum atomic E-state index is 12.9. The number of ether oxygens (including phenoxy) is 2. The number of fused-ring (bicyclic) bond motifs is 1. The predicted molar refractivity (Wildman–Crippen MR) is 93.1 cm³/mol. The normalized spacial score (nSPS) is 25.7. The number of carbonyl (C=O) groups is 1. The van der Waals surface area contributed by atoms with E-state index >= 15 is 0 Å². The highest BCUT2D eigenvalue weighted by Gasteiger charge is 2.32. The molecule has 0 bridgehead atoms. The molecule has 2 aliphatic heterocycles. The highest BCUT2D eigenvalue weighted by molar-refractivity contribution is 7.99. The number of carbonyl (C=O) groups excluding carboxylic acids is 1. The molecule has 2 heterocycles. The largest absolute Gasteiger partial charge is 0.376 e. The molecule has 3 atom stereocenters. The second kappa shape index (κ2) is 7.69. The average Bonchev–Trinajstić information content (AvgIpc) is 2.60. The quantitative estimate of drug-likeness (QED) is 0.844. The number of benzene rings is 1. The van der Waals surface area contributed by atoms with Crippen LogP contribution in [-0.2, 0) is 14.3 Å². The summed E-state index contributed by atoms with van der Waals surface area (Å²) in [7, 11) is 0. The Kier molecular flexibility index (Phi) is 5.62. The fourth-order valence-electron chi connectivity index (χ4n) is 3.09. The summed E-state index contributed by atoms with van der Waals surface area (Å²) in [6, 6.07) is 8.28. The fourth-order valence-corrected chi connectivity index (χ4v) is 4.15. The van der Waals surface area contributed by atoms with Gasteiger partial charge < -0.3 is 14.4 Å². The molecule has 2 aliphatic rings. The van der Waals surface area contributed by atoms with E-state index in [1.165, 1.54) is 11.3 Å². The van der Waals surface area contributed by atoms with E-state index < -0.39 is 6.10 Å². The zero-order chi connectivity index (χ0) is 16.2. The standard InChI is InChI=1S/C18H25NO3S/c1-13-12-23-17-9-4-3-8-16(17)19(13)18(20)14(2)22-11-15-7-5-6-10-21-15/h3-4,8-9,13-15H,5-7,10-12H2,1-2H3/t13-,14+,15-/m1/s1. The fraction of sp³-hybridized carbons (Fsp3) is 0.611. The topological polar surface area (TPSA) is 38.8 Å². The molecule has 0 N–H and O–H groups in total. The number of para-hydroxylation sites is 1. The van der Waals surface area contributed by atoms with Gasteiger partial charge in [-0.3, -0.25) is 4.79 Å². The van der Waals surface area contributed by atoms with Gasteiger partial charge in [0.05, 0.1) is 18.4 Å². The molecule has 23 heavy (non-hydrogen) atoms. The Morgan fingerprint density at radius 1 is 1.43 bits per heavy atom. The molecule has 4 nitrogen and oxygen atoms in total. The number of anilines is 1. The molecule has 126 valence electrons. The summed E-state index contributed by atoms with van der Waals surface area (Å²) in [5.41, 5.74) is 1.01. The van der Waals surface area contributed by atoms with Crippen LogP contribution in [-0.4, -0.2) is 43.1 Å².